The molecule has 146 valence electrons. The Labute approximate surface area is 159 Å². The second-order valence-electron chi connectivity index (χ2n) is 5.42. The molecule has 8 nitrogen and oxygen atoms in total. The van der Waals surface area contributed by atoms with E-state index < -0.39 is 17.9 Å². The molecule has 0 atom stereocenters. The van der Waals surface area contributed by atoms with Crippen molar-refractivity contribution in [2.24, 2.45) is 0 Å². The fourth-order valence-electron chi connectivity index (χ4n) is 2.30. The van der Waals surface area contributed by atoms with Gasteiger partial charge in [-0.2, -0.15) is 0 Å². The van der Waals surface area contributed by atoms with Crippen LogP contribution in [0.5, 0.6) is 11.5 Å². The summed E-state index contributed by atoms with van der Waals surface area (Å²) in [6, 6.07) is 12.8. The number of benzene rings is 2. The topological polar surface area (TPSA) is 123 Å². The van der Waals surface area contributed by atoms with E-state index in [9.17, 15) is 14.4 Å². The van der Waals surface area contributed by atoms with Crippen molar-refractivity contribution in [2.75, 3.05) is 6.61 Å². The zero-order valence-electron chi connectivity index (χ0n) is 15.2. The number of hydrogen-bond acceptors (Lipinski definition) is 6. The molecule has 3 rings (SSSR count). The third-order valence-electron chi connectivity index (χ3n) is 3.39. The Morgan fingerprint density at radius 1 is 0.964 bits per heavy atom. The van der Waals surface area contributed by atoms with E-state index in [2.05, 4.69) is 4.74 Å². The van der Waals surface area contributed by atoms with Gasteiger partial charge in [0.15, 0.2) is 11.3 Å². The van der Waals surface area contributed by atoms with Gasteiger partial charge >= 0.3 is 17.9 Å². The van der Waals surface area contributed by atoms with Crippen LogP contribution in [-0.4, -0.2) is 34.7 Å². The fourth-order valence-corrected chi connectivity index (χ4v) is 2.30. The molecule has 0 saturated heterocycles. The zero-order chi connectivity index (χ0) is 20.7. The van der Waals surface area contributed by atoms with E-state index in [4.69, 9.17) is 19.4 Å². The SMILES string of the molecule is CC(=O)Oc1ccccc1C(=O)O.CCOc1cccc2cc(C(=O)O)oc12. The Morgan fingerprint density at radius 2 is 1.64 bits per heavy atom. The standard InChI is InChI=1S/C11H10O4.C9H8O4/c1-2-14-8-5-3-4-7-6-9(11(12)13)15-10(7)8;1-6(10)13-8-5-3-2-4-7(8)9(11)12/h3-6H,2H2,1H3,(H,12,13);2-5H,1H3,(H,11,12). The molecular formula is C20H18O8. The number of hydrogen-bond donors (Lipinski definition) is 2. The molecule has 0 aliphatic carbocycles. The number of rotatable bonds is 5. The minimum absolute atomic E-state index is 0.0160. The first kappa shape index (κ1) is 20.5. The van der Waals surface area contributed by atoms with Crippen LogP contribution in [0.2, 0.25) is 0 Å². The van der Waals surface area contributed by atoms with Crippen LogP contribution in [0.25, 0.3) is 11.0 Å². The van der Waals surface area contributed by atoms with Crippen LogP contribution in [0.4, 0.5) is 0 Å². The van der Waals surface area contributed by atoms with Crippen LogP contribution in [0, 0.1) is 0 Å². The molecule has 1 heterocycles. The molecule has 8 heteroatoms. The lowest BCUT2D eigenvalue weighted by Crippen LogP contribution is -2.06. The summed E-state index contributed by atoms with van der Waals surface area (Å²) in [5.41, 5.74) is 0.467. The lowest BCUT2D eigenvalue weighted by Gasteiger charge is -2.03. The monoisotopic (exact) mass is 386 g/mol. The minimum atomic E-state index is -1.11. The Morgan fingerprint density at radius 3 is 2.25 bits per heavy atom. The molecular weight excluding hydrogens is 368 g/mol. The van der Waals surface area contributed by atoms with Crippen molar-refractivity contribution < 1.29 is 38.5 Å². The summed E-state index contributed by atoms with van der Waals surface area (Å²) in [5, 5.41) is 18.2. The Bertz CT molecular complexity index is 1000. The predicted octanol–water partition coefficient (Wildman–Crippen LogP) is 3.84. The van der Waals surface area contributed by atoms with Gasteiger partial charge in [0.25, 0.3) is 0 Å². The third-order valence-corrected chi connectivity index (χ3v) is 3.39. The first-order valence-corrected chi connectivity index (χ1v) is 8.22. The molecule has 0 fully saturated rings. The van der Waals surface area contributed by atoms with Crippen LogP contribution in [0.15, 0.2) is 52.9 Å². The number of fused-ring (bicyclic) bond motifs is 1. The average Bonchev–Trinajstić information content (AvgIpc) is 3.08. The number of ether oxygens (including phenoxy) is 2. The van der Waals surface area contributed by atoms with Crippen molar-refractivity contribution in [3.63, 3.8) is 0 Å². The summed E-state index contributed by atoms with van der Waals surface area (Å²) in [4.78, 5) is 31.9. The van der Waals surface area contributed by atoms with E-state index in [0.29, 0.717) is 17.9 Å². The highest BCUT2D eigenvalue weighted by atomic mass is 16.5. The first-order chi connectivity index (χ1) is 13.3. The highest BCUT2D eigenvalue weighted by Crippen LogP contribution is 2.28. The van der Waals surface area contributed by atoms with E-state index in [1.807, 2.05) is 6.92 Å². The van der Waals surface area contributed by atoms with E-state index >= 15 is 0 Å². The molecule has 0 saturated carbocycles. The number of para-hydroxylation sites is 2. The number of carboxylic acid groups (broad SMARTS) is 2. The van der Waals surface area contributed by atoms with Crippen LogP contribution in [-0.2, 0) is 4.79 Å². The highest BCUT2D eigenvalue weighted by molar-refractivity contribution is 5.93. The van der Waals surface area contributed by atoms with Gasteiger partial charge in [-0.3, -0.25) is 4.79 Å². The summed E-state index contributed by atoms with van der Waals surface area (Å²) in [6.45, 7) is 3.60. The highest BCUT2D eigenvalue weighted by Gasteiger charge is 2.13. The molecule has 2 aromatic carbocycles. The van der Waals surface area contributed by atoms with Crippen molar-refractivity contribution in [3.05, 3.63) is 59.9 Å². The molecule has 0 aliphatic rings. The number of aromatic carboxylic acids is 2. The average molecular weight is 386 g/mol. The zero-order valence-corrected chi connectivity index (χ0v) is 15.2. The second kappa shape index (κ2) is 9.22. The number of carboxylic acids is 2. The van der Waals surface area contributed by atoms with Gasteiger partial charge in [0.05, 0.1) is 6.61 Å². The number of carbonyl (C=O) groups excluding carboxylic acids is 1. The van der Waals surface area contributed by atoms with Crippen LogP contribution in [0.3, 0.4) is 0 Å². The smallest absolute Gasteiger partial charge is 0.371 e. The van der Waals surface area contributed by atoms with Gasteiger partial charge in [-0.05, 0) is 31.2 Å². The van der Waals surface area contributed by atoms with Gasteiger partial charge in [-0.25, -0.2) is 9.59 Å². The van der Waals surface area contributed by atoms with Crippen LogP contribution in [0.1, 0.15) is 34.8 Å². The molecule has 0 aliphatic heterocycles. The lowest BCUT2D eigenvalue weighted by atomic mass is 10.2. The van der Waals surface area contributed by atoms with E-state index in [1.165, 1.54) is 25.1 Å². The van der Waals surface area contributed by atoms with Gasteiger partial charge in [0.2, 0.25) is 5.76 Å². The van der Waals surface area contributed by atoms with Crippen molar-refractivity contribution in [3.8, 4) is 11.5 Å². The number of esters is 1. The van der Waals surface area contributed by atoms with E-state index in [0.717, 1.165) is 5.39 Å². The molecule has 0 unspecified atom stereocenters. The largest absolute Gasteiger partial charge is 0.490 e. The molecule has 0 radical (unpaired) electrons. The Hall–Kier alpha value is -3.81. The lowest BCUT2D eigenvalue weighted by molar-refractivity contribution is -0.131. The summed E-state index contributed by atoms with van der Waals surface area (Å²) in [7, 11) is 0. The summed E-state index contributed by atoms with van der Waals surface area (Å²) >= 11 is 0. The van der Waals surface area contributed by atoms with Crippen molar-refractivity contribution in [2.45, 2.75) is 13.8 Å². The van der Waals surface area contributed by atoms with E-state index in [-0.39, 0.29) is 17.1 Å². The fraction of sp³-hybridized carbons (Fsp3) is 0.150. The van der Waals surface area contributed by atoms with Crippen LogP contribution < -0.4 is 9.47 Å². The van der Waals surface area contributed by atoms with Gasteiger partial charge in [-0.1, -0.05) is 24.3 Å². The minimum Gasteiger partial charge on any atom is -0.490 e. The summed E-state index contributed by atoms with van der Waals surface area (Å²) < 4.78 is 15.2. The molecule has 0 bridgehead atoms. The number of furan rings is 1. The molecule has 0 amide bonds. The quantitative estimate of drug-likeness (QED) is 0.501. The molecule has 1 aromatic heterocycles. The van der Waals surface area contributed by atoms with Gasteiger partial charge < -0.3 is 24.1 Å². The van der Waals surface area contributed by atoms with Crippen LogP contribution >= 0.6 is 0 Å². The molecule has 3 aromatic rings. The van der Waals surface area contributed by atoms with Gasteiger partial charge in [-0.15, -0.1) is 0 Å². The van der Waals surface area contributed by atoms with Crippen molar-refractivity contribution in [1.29, 1.82) is 0 Å². The maximum absolute atomic E-state index is 10.7. The van der Waals surface area contributed by atoms with Gasteiger partial charge in [0.1, 0.15) is 11.3 Å². The first-order valence-electron chi connectivity index (χ1n) is 8.22. The van der Waals surface area contributed by atoms with E-state index in [1.54, 1.807) is 30.3 Å². The molecule has 28 heavy (non-hydrogen) atoms. The maximum atomic E-state index is 10.7. The Kier molecular flexibility index (Phi) is 6.75. The second-order valence-corrected chi connectivity index (χ2v) is 5.42. The van der Waals surface area contributed by atoms with Crippen molar-refractivity contribution >= 4 is 28.9 Å². The summed E-state index contributed by atoms with van der Waals surface area (Å²) in [6.07, 6.45) is 0. The normalized spacial score (nSPS) is 9.93. The van der Waals surface area contributed by atoms with Gasteiger partial charge in [0, 0.05) is 12.3 Å². The molecule has 0 spiro atoms. The summed E-state index contributed by atoms with van der Waals surface area (Å²) in [5.74, 6) is -2.15. The number of carbonyl (C=O) groups is 3. The molecule has 2 N–H and O–H groups in total. The maximum Gasteiger partial charge on any atom is 0.371 e. The third kappa shape index (κ3) is 5.10. The predicted molar refractivity (Wildman–Crippen MR) is 99.1 cm³/mol. The Balaban J connectivity index is 0.000000203. The van der Waals surface area contributed by atoms with Crippen molar-refractivity contribution in [1.82, 2.24) is 0 Å².